The lowest BCUT2D eigenvalue weighted by atomic mass is 10.2. The Morgan fingerprint density at radius 3 is 2.68 bits per heavy atom. The van der Waals surface area contributed by atoms with Gasteiger partial charge in [-0.05, 0) is 19.3 Å². The highest BCUT2D eigenvalue weighted by molar-refractivity contribution is 7.18. The van der Waals surface area contributed by atoms with Gasteiger partial charge in [0.25, 0.3) is 5.91 Å². The van der Waals surface area contributed by atoms with E-state index in [0.29, 0.717) is 10.7 Å². The first kappa shape index (κ1) is 14.1. The molecule has 1 fully saturated rings. The van der Waals surface area contributed by atoms with Gasteiger partial charge in [0.2, 0.25) is 0 Å². The Morgan fingerprint density at radius 1 is 1.37 bits per heavy atom. The molecule has 0 saturated carbocycles. The molecule has 1 amide bonds. The van der Waals surface area contributed by atoms with Crippen LogP contribution in [-0.4, -0.2) is 35.4 Å². The number of nitrogen functional groups attached to an aromatic ring is 1. The zero-order valence-electron chi connectivity index (χ0n) is 11.4. The van der Waals surface area contributed by atoms with Gasteiger partial charge in [0, 0.05) is 19.6 Å². The van der Waals surface area contributed by atoms with Crippen LogP contribution in [0, 0.1) is 0 Å². The van der Waals surface area contributed by atoms with E-state index < -0.39 is 0 Å². The third kappa shape index (κ3) is 3.59. The van der Waals surface area contributed by atoms with Crippen LogP contribution < -0.4 is 11.1 Å². The van der Waals surface area contributed by atoms with Crippen LogP contribution in [-0.2, 0) is 0 Å². The van der Waals surface area contributed by atoms with Crippen molar-refractivity contribution >= 4 is 28.2 Å². The van der Waals surface area contributed by atoms with Gasteiger partial charge in [-0.25, -0.2) is 4.98 Å². The Labute approximate surface area is 118 Å². The lowest BCUT2D eigenvalue weighted by Gasteiger charge is -2.19. The average molecular weight is 282 g/mol. The third-order valence-electron chi connectivity index (χ3n) is 3.27. The van der Waals surface area contributed by atoms with Gasteiger partial charge in [-0.2, -0.15) is 0 Å². The number of nitrogens with one attached hydrogen (secondary N) is 1. The minimum atomic E-state index is 0.0430. The highest BCUT2D eigenvalue weighted by Crippen LogP contribution is 2.27. The normalized spacial score (nSPS) is 16.2. The van der Waals surface area contributed by atoms with Crippen LogP contribution in [0.1, 0.15) is 48.7 Å². The lowest BCUT2D eigenvalue weighted by Crippen LogP contribution is -2.31. The molecule has 0 bridgehead atoms. The second kappa shape index (κ2) is 6.75. The van der Waals surface area contributed by atoms with E-state index >= 15 is 0 Å². The highest BCUT2D eigenvalue weighted by Gasteiger charge is 2.22. The van der Waals surface area contributed by atoms with Crippen LogP contribution in [0.15, 0.2) is 0 Å². The van der Waals surface area contributed by atoms with Gasteiger partial charge in [0.05, 0.1) is 0 Å². The molecule has 5 nitrogen and oxygen atoms in total. The van der Waals surface area contributed by atoms with Gasteiger partial charge >= 0.3 is 0 Å². The van der Waals surface area contributed by atoms with Gasteiger partial charge in [0.1, 0.15) is 10.7 Å². The second-order valence-electron chi connectivity index (χ2n) is 4.87. The molecule has 2 rings (SSSR count). The summed E-state index contributed by atoms with van der Waals surface area (Å²) in [4.78, 5) is 19.2. The van der Waals surface area contributed by atoms with Crippen molar-refractivity contribution in [3.05, 3.63) is 4.88 Å². The van der Waals surface area contributed by atoms with E-state index in [0.717, 1.165) is 44.0 Å². The minimum Gasteiger partial charge on any atom is -0.382 e. The maximum atomic E-state index is 12.4. The molecule has 1 aromatic rings. The topological polar surface area (TPSA) is 71.2 Å². The molecule has 1 aromatic heterocycles. The molecule has 1 aliphatic heterocycles. The van der Waals surface area contributed by atoms with E-state index in [1.54, 1.807) is 0 Å². The summed E-state index contributed by atoms with van der Waals surface area (Å²) in [6.07, 6.45) is 5.63. The van der Waals surface area contributed by atoms with Crippen LogP contribution in [0.2, 0.25) is 0 Å². The molecule has 106 valence electrons. The Balaban J connectivity index is 2.07. The SMILES string of the molecule is CCCNc1nc(N)c(C(=O)N2CCCCCC2)s1. The molecule has 0 radical (unpaired) electrons. The zero-order chi connectivity index (χ0) is 13.7. The van der Waals surface area contributed by atoms with E-state index in [-0.39, 0.29) is 5.91 Å². The van der Waals surface area contributed by atoms with Gasteiger partial charge < -0.3 is 16.0 Å². The van der Waals surface area contributed by atoms with Crippen molar-refractivity contribution in [1.29, 1.82) is 0 Å². The number of nitrogens with zero attached hydrogens (tertiary/aromatic N) is 2. The summed E-state index contributed by atoms with van der Waals surface area (Å²) in [5, 5.41) is 3.93. The smallest absolute Gasteiger partial charge is 0.267 e. The summed E-state index contributed by atoms with van der Waals surface area (Å²) in [5.74, 6) is 0.402. The molecule has 1 aliphatic rings. The van der Waals surface area contributed by atoms with Crippen LogP contribution in [0.3, 0.4) is 0 Å². The summed E-state index contributed by atoms with van der Waals surface area (Å²) < 4.78 is 0. The molecular weight excluding hydrogens is 260 g/mol. The number of nitrogens with two attached hydrogens (primary N) is 1. The van der Waals surface area contributed by atoms with Crippen molar-refractivity contribution < 1.29 is 4.79 Å². The first-order valence-electron chi connectivity index (χ1n) is 7.01. The fourth-order valence-corrected chi connectivity index (χ4v) is 3.09. The highest BCUT2D eigenvalue weighted by atomic mass is 32.1. The Hall–Kier alpha value is -1.30. The molecule has 0 aromatic carbocycles. The number of hydrogen-bond acceptors (Lipinski definition) is 5. The van der Waals surface area contributed by atoms with E-state index in [9.17, 15) is 4.79 Å². The summed E-state index contributed by atoms with van der Waals surface area (Å²) in [7, 11) is 0. The molecule has 0 spiro atoms. The number of likely N-dealkylation sites (tertiary alicyclic amines) is 1. The molecule has 0 unspecified atom stereocenters. The van der Waals surface area contributed by atoms with Crippen LogP contribution in [0.25, 0.3) is 0 Å². The minimum absolute atomic E-state index is 0.0430. The average Bonchev–Trinajstić information content (AvgIpc) is 2.64. The number of carbonyl (C=O) groups is 1. The number of thiazole rings is 1. The number of amides is 1. The number of hydrogen-bond donors (Lipinski definition) is 2. The standard InChI is InChI=1S/C13H22N4OS/c1-2-7-15-13-16-11(14)10(19-13)12(18)17-8-5-3-4-6-9-17/h2-9,14H2,1H3,(H,15,16). The lowest BCUT2D eigenvalue weighted by molar-refractivity contribution is 0.0767. The van der Waals surface area contributed by atoms with Crippen LogP contribution >= 0.6 is 11.3 Å². The molecule has 19 heavy (non-hydrogen) atoms. The number of carbonyl (C=O) groups excluding carboxylic acids is 1. The number of anilines is 2. The second-order valence-corrected chi connectivity index (χ2v) is 5.87. The summed E-state index contributed by atoms with van der Waals surface area (Å²) in [5.41, 5.74) is 5.87. The monoisotopic (exact) mass is 282 g/mol. The van der Waals surface area contributed by atoms with Crippen molar-refractivity contribution in [2.24, 2.45) is 0 Å². The Kier molecular flexibility index (Phi) is 5.01. The Morgan fingerprint density at radius 2 is 2.05 bits per heavy atom. The van der Waals surface area contributed by atoms with E-state index in [2.05, 4.69) is 17.2 Å². The van der Waals surface area contributed by atoms with E-state index in [4.69, 9.17) is 5.73 Å². The number of aromatic nitrogens is 1. The molecule has 6 heteroatoms. The van der Waals surface area contributed by atoms with Crippen LogP contribution in [0.4, 0.5) is 10.9 Å². The van der Waals surface area contributed by atoms with E-state index in [1.807, 2.05) is 4.90 Å². The zero-order valence-corrected chi connectivity index (χ0v) is 12.3. The van der Waals surface area contributed by atoms with Crippen molar-refractivity contribution in [2.45, 2.75) is 39.0 Å². The Bertz CT molecular complexity index is 424. The van der Waals surface area contributed by atoms with Crippen molar-refractivity contribution in [3.8, 4) is 0 Å². The molecule has 2 heterocycles. The van der Waals surface area contributed by atoms with E-state index in [1.165, 1.54) is 24.2 Å². The van der Waals surface area contributed by atoms with Gasteiger partial charge in [0.15, 0.2) is 5.13 Å². The molecule has 1 saturated heterocycles. The molecular formula is C13H22N4OS. The van der Waals surface area contributed by atoms with Crippen molar-refractivity contribution in [1.82, 2.24) is 9.88 Å². The summed E-state index contributed by atoms with van der Waals surface area (Å²) in [6.45, 7) is 4.62. The van der Waals surface area contributed by atoms with Crippen molar-refractivity contribution in [2.75, 3.05) is 30.7 Å². The first-order chi connectivity index (χ1) is 9.22. The summed E-state index contributed by atoms with van der Waals surface area (Å²) in [6, 6.07) is 0. The number of rotatable bonds is 4. The third-order valence-corrected chi connectivity index (χ3v) is 4.28. The van der Waals surface area contributed by atoms with Gasteiger partial charge in [-0.3, -0.25) is 4.79 Å². The van der Waals surface area contributed by atoms with Crippen LogP contribution in [0.5, 0.6) is 0 Å². The molecule has 0 atom stereocenters. The fraction of sp³-hybridized carbons (Fsp3) is 0.692. The van der Waals surface area contributed by atoms with Crippen molar-refractivity contribution in [3.63, 3.8) is 0 Å². The predicted octanol–water partition coefficient (Wildman–Crippen LogP) is 2.56. The maximum absolute atomic E-state index is 12.4. The maximum Gasteiger partial charge on any atom is 0.267 e. The largest absolute Gasteiger partial charge is 0.382 e. The predicted molar refractivity (Wildman–Crippen MR) is 79.7 cm³/mol. The van der Waals surface area contributed by atoms with Gasteiger partial charge in [-0.15, -0.1) is 0 Å². The fourth-order valence-electron chi connectivity index (χ4n) is 2.21. The molecule has 0 aliphatic carbocycles. The van der Waals surface area contributed by atoms with Gasteiger partial charge in [-0.1, -0.05) is 31.1 Å². The first-order valence-corrected chi connectivity index (χ1v) is 7.83. The molecule has 3 N–H and O–H groups in total. The summed E-state index contributed by atoms with van der Waals surface area (Å²) >= 11 is 1.37. The quantitative estimate of drug-likeness (QED) is 0.890.